The molecule has 123 heavy (non-hydrogen) atoms. The molecule has 6 aliphatic heterocycles. The minimum absolute atomic E-state index is 0.00244. The molecule has 4 saturated heterocycles. The highest BCUT2D eigenvalue weighted by Gasteiger charge is 2.55. The zero-order valence-electron chi connectivity index (χ0n) is 68.2. The van der Waals surface area contributed by atoms with Crippen LogP contribution in [0.1, 0.15) is 166 Å². The van der Waals surface area contributed by atoms with Gasteiger partial charge in [0.15, 0.2) is 5.60 Å². The molecular formula is C86H101N13O24. The molecule has 0 aromatic heterocycles. The van der Waals surface area contributed by atoms with Gasteiger partial charge in [0.25, 0.3) is 11.8 Å². The third kappa shape index (κ3) is 21.5. The zero-order valence-corrected chi connectivity index (χ0v) is 68.2. The number of hydrogen-bond donors (Lipinski definition) is 14. The molecule has 11 rings (SSSR count). The normalized spacial score (nSPS) is 18.9. The average molecular weight is 1700 g/mol. The molecule has 11 atom stereocenters. The molecule has 0 aliphatic carbocycles. The number of primary amides is 1. The van der Waals surface area contributed by atoms with Crippen LogP contribution in [0.4, 0.5) is 0 Å². The topological polar surface area (TPSA) is 545 Å². The molecular weight excluding hydrogens is 1600 g/mol. The third-order valence-corrected chi connectivity index (χ3v) is 22.7. The maximum Gasteiger partial charge on any atom is 0.340 e. The number of nitrogens with zero attached hydrogens (tertiary/aromatic N) is 4. The van der Waals surface area contributed by atoms with E-state index in [2.05, 4.69) is 42.5 Å². The van der Waals surface area contributed by atoms with E-state index in [-0.39, 0.29) is 161 Å². The Hall–Kier alpha value is -13.5. The molecule has 13 amide bonds. The lowest BCUT2D eigenvalue weighted by Crippen LogP contribution is -2.61. The molecule has 1 spiro atoms. The summed E-state index contributed by atoms with van der Waals surface area (Å²) in [4.78, 5) is 241. The summed E-state index contributed by atoms with van der Waals surface area (Å²) in [5, 5.41) is 71.3. The van der Waals surface area contributed by atoms with Gasteiger partial charge in [-0.1, -0.05) is 76.2 Å². The molecule has 37 heteroatoms. The lowest BCUT2D eigenvalue weighted by Gasteiger charge is -2.36. The van der Waals surface area contributed by atoms with Crippen LogP contribution in [0.5, 0.6) is 28.7 Å². The van der Waals surface area contributed by atoms with Crippen LogP contribution >= 0.6 is 0 Å². The number of aldehydes is 1. The van der Waals surface area contributed by atoms with Gasteiger partial charge in [0.05, 0.1) is 5.56 Å². The summed E-state index contributed by atoms with van der Waals surface area (Å²) in [6.45, 7) is 6.09. The van der Waals surface area contributed by atoms with Gasteiger partial charge in [-0.15, -0.1) is 0 Å². The first kappa shape index (κ1) is 90.3. The maximum absolute atomic E-state index is 15.3. The number of nitrogens with one attached hydrogen (secondary N) is 8. The molecule has 15 N–H and O–H groups in total. The van der Waals surface area contributed by atoms with Crippen molar-refractivity contribution in [3.05, 3.63) is 148 Å². The van der Waals surface area contributed by atoms with E-state index in [0.717, 1.165) is 4.90 Å². The molecule has 4 fully saturated rings. The quantitative estimate of drug-likeness (QED) is 0.0153. The molecule has 654 valence electrons. The summed E-state index contributed by atoms with van der Waals surface area (Å²) in [5.74, 6) is -15.8. The summed E-state index contributed by atoms with van der Waals surface area (Å²) < 4.78 is 12.2. The number of carbonyl (C=O) groups is 17. The van der Waals surface area contributed by atoms with Crippen LogP contribution in [-0.4, -0.2) is 245 Å². The second-order valence-electron chi connectivity index (χ2n) is 32.4. The van der Waals surface area contributed by atoms with Gasteiger partial charge in [-0.2, -0.15) is 0 Å². The summed E-state index contributed by atoms with van der Waals surface area (Å²) in [6, 6.07) is 11.0. The fraction of sp³-hybridized carbons (Fsp3) is 0.453. The number of likely N-dealkylation sites (tertiary alicyclic amines) is 4. The lowest BCUT2D eigenvalue weighted by molar-refractivity contribution is -0.146. The van der Waals surface area contributed by atoms with Crippen LogP contribution in [-0.2, 0) is 95.1 Å². The van der Waals surface area contributed by atoms with Gasteiger partial charge in [-0.25, -0.2) is 9.59 Å². The Kier molecular flexibility index (Phi) is 29.2. The van der Waals surface area contributed by atoms with E-state index in [0.29, 0.717) is 34.2 Å². The van der Waals surface area contributed by atoms with Crippen molar-refractivity contribution >= 4 is 101 Å². The van der Waals surface area contributed by atoms with Crippen molar-refractivity contribution < 1.29 is 117 Å². The number of rotatable bonds is 36. The Labute approximate surface area is 706 Å². The number of esters is 1. The van der Waals surface area contributed by atoms with Crippen LogP contribution in [0, 0.1) is 11.8 Å². The zero-order chi connectivity index (χ0) is 88.8. The van der Waals surface area contributed by atoms with Gasteiger partial charge >= 0.3 is 17.9 Å². The number of carbonyl (C=O) groups excluding carboxylic acids is 15. The number of hydrogen-bond acceptors (Lipinski definition) is 22. The molecule has 37 nitrogen and oxygen atoms in total. The molecule has 5 aromatic rings. The van der Waals surface area contributed by atoms with Crippen LogP contribution in [0.3, 0.4) is 0 Å². The van der Waals surface area contributed by atoms with Crippen molar-refractivity contribution in [2.45, 2.75) is 202 Å². The van der Waals surface area contributed by atoms with E-state index >= 15 is 9.59 Å². The first-order valence-electron chi connectivity index (χ1n) is 41.0. The Morgan fingerprint density at radius 2 is 0.911 bits per heavy atom. The largest absolute Gasteiger partial charge is 0.508 e. The number of phenolic OH excluding ortho intramolecular Hbond substituents is 3. The number of phenols is 3. The molecule has 0 saturated carbocycles. The van der Waals surface area contributed by atoms with Crippen molar-refractivity contribution in [3.63, 3.8) is 0 Å². The minimum Gasteiger partial charge on any atom is -0.508 e. The standard InChI is InChI=1S/C86H101N13O24/c1-45(2)36-59(91-73(108)49-20-25-54-53(40-49)85(121)123-86(54)55-26-23-51(102)41-68(55)122-69-42-52(103)24-27-56(69)86)75(110)90-58(28-30-70(87)104)80(115)96-32-8-15-65(96)77(112)93-61(38-47-12-6-5-7-13-47)82(117)98-34-10-17-67(98)79(114)95-63(43-88-71(105)44-100)83(118)99-35-11-14-64(99)76(111)89-57(29-31-72(106)107)74(109)92-60(37-46(3)4)81(116)97-33-9-16-66(97)78(113)94-62(84(119)120)39-48-18-21-50(101)22-19-48/h5-7,12-13,18-27,40-42,44-46,57-67,101-103H,8-11,14-17,28-39,43H2,1-4H3,(H2,87,104)(H,88,105)(H,89,111)(H,90,110)(H,91,108)(H,92,109)(H,93,112)(H,94,113)(H,95,114)(H,106,107)(H,119,120)/t57-,58-,59-,60-,61-,62-,63-,64-,65-,66-,67-/m0/s1. The van der Waals surface area contributed by atoms with E-state index in [4.69, 9.17) is 15.2 Å². The van der Waals surface area contributed by atoms with E-state index in [1.165, 1.54) is 93.6 Å². The van der Waals surface area contributed by atoms with Crippen molar-refractivity contribution in [1.82, 2.24) is 62.1 Å². The van der Waals surface area contributed by atoms with Crippen molar-refractivity contribution in [2.24, 2.45) is 17.6 Å². The Balaban J connectivity index is 0.758. The van der Waals surface area contributed by atoms with Gasteiger partial charge < -0.3 is 103 Å². The second kappa shape index (κ2) is 39.8. The van der Waals surface area contributed by atoms with Crippen LogP contribution in [0.25, 0.3) is 0 Å². The number of carboxylic acids is 2. The number of benzene rings is 5. The molecule has 0 bridgehead atoms. The third-order valence-electron chi connectivity index (χ3n) is 22.7. The molecule has 5 aromatic carbocycles. The summed E-state index contributed by atoms with van der Waals surface area (Å²) in [7, 11) is 0. The van der Waals surface area contributed by atoms with Gasteiger partial charge in [0.2, 0.25) is 71.3 Å². The van der Waals surface area contributed by atoms with Crippen molar-refractivity contribution in [2.75, 3.05) is 32.7 Å². The first-order valence-corrected chi connectivity index (χ1v) is 41.0. The van der Waals surface area contributed by atoms with Crippen LogP contribution < -0.4 is 53.0 Å². The first-order chi connectivity index (χ1) is 58.6. The molecule has 6 heterocycles. The second-order valence-corrected chi connectivity index (χ2v) is 32.4. The number of aliphatic carboxylic acids is 2. The van der Waals surface area contributed by atoms with E-state index in [9.17, 15) is 97.5 Å². The highest BCUT2D eigenvalue weighted by atomic mass is 16.6. The minimum atomic E-state index is -1.75. The van der Waals surface area contributed by atoms with E-state index in [1.807, 2.05) is 0 Å². The number of nitrogens with two attached hydrogens (primary N) is 1. The smallest absolute Gasteiger partial charge is 0.340 e. The lowest BCUT2D eigenvalue weighted by atomic mass is 9.77. The molecule has 0 radical (unpaired) electrons. The van der Waals surface area contributed by atoms with Crippen molar-refractivity contribution in [1.29, 1.82) is 0 Å². The van der Waals surface area contributed by atoms with Crippen LogP contribution in [0.15, 0.2) is 109 Å². The Morgan fingerprint density at radius 3 is 1.41 bits per heavy atom. The van der Waals surface area contributed by atoms with Gasteiger partial charge in [0.1, 0.15) is 95.2 Å². The fourth-order valence-corrected chi connectivity index (χ4v) is 16.8. The summed E-state index contributed by atoms with van der Waals surface area (Å²) in [5.41, 5.74) is 5.87. The molecule has 6 aliphatic rings. The number of aromatic hydroxyl groups is 3. The highest BCUT2D eigenvalue weighted by Crippen LogP contribution is 2.57. The predicted octanol–water partition coefficient (Wildman–Crippen LogP) is 1.45. The average Bonchev–Trinajstić information content (AvgIpc) is 1.58. The van der Waals surface area contributed by atoms with E-state index < -0.39 is 193 Å². The maximum atomic E-state index is 15.3. The monoisotopic (exact) mass is 1700 g/mol. The number of carboxylic acid groups (broad SMARTS) is 2. The van der Waals surface area contributed by atoms with Gasteiger partial charge in [0, 0.05) is 92.8 Å². The molecule has 0 unspecified atom stereocenters. The number of amides is 13. The Morgan fingerprint density at radius 1 is 0.480 bits per heavy atom. The fourth-order valence-electron chi connectivity index (χ4n) is 16.8. The highest BCUT2D eigenvalue weighted by molar-refractivity contribution is 6.23. The van der Waals surface area contributed by atoms with Crippen LogP contribution in [0.2, 0.25) is 0 Å². The van der Waals surface area contributed by atoms with Gasteiger partial charge in [-0.3, -0.25) is 71.9 Å². The number of ether oxygens (including phenoxy) is 2. The SMILES string of the molecule is CC(C)C[C@H](NC(=O)c1ccc2c(c1)C(=O)OC21c2ccc(O)cc2Oc2cc(O)ccc21)C(=O)N[C@@H](CCC(N)=O)C(=O)N1CCC[C@H]1C(=O)N[C@@H](Cc1ccccc1)C(=O)N1CCC[C@H]1C(=O)N[C@@H](CNC(=O)C=O)C(=O)N1CCC[C@H]1C(=O)N[C@@H](CCC(=O)O)C(=O)N[C@@H](CC(C)C)C(=O)N1CCC[C@H]1C(=O)N[C@@H](Cc1ccc(O)cc1)C(=O)O. The number of fused-ring (bicyclic) bond motifs is 6. The van der Waals surface area contributed by atoms with Crippen molar-refractivity contribution in [3.8, 4) is 28.7 Å². The Bertz CT molecular complexity index is 4880. The summed E-state index contributed by atoms with van der Waals surface area (Å²) in [6.07, 6.45) is -1.37. The predicted molar refractivity (Wildman–Crippen MR) is 433 cm³/mol. The summed E-state index contributed by atoms with van der Waals surface area (Å²) >= 11 is 0. The van der Waals surface area contributed by atoms with E-state index in [1.54, 1.807) is 58.0 Å². The van der Waals surface area contributed by atoms with Gasteiger partial charge in [-0.05, 0) is 149 Å².